The largest absolute Gasteiger partial charge is 0.388 e. The molecule has 2 amide bonds. The quantitative estimate of drug-likeness (QED) is 0.695. The topological polar surface area (TPSA) is 61.4 Å². The maximum atomic E-state index is 12.4. The van der Waals surface area contributed by atoms with Gasteiger partial charge in [-0.15, -0.1) is 0 Å². The van der Waals surface area contributed by atoms with Gasteiger partial charge in [0.1, 0.15) is 0 Å². The molecule has 0 radical (unpaired) electrons. The highest BCUT2D eigenvalue weighted by molar-refractivity contribution is 5.90. The fourth-order valence-corrected chi connectivity index (χ4v) is 3.59. The smallest absolute Gasteiger partial charge is 0.319 e. The number of hydrogen-bond donors (Lipinski definition) is 3. The minimum absolute atomic E-state index is 0.261. The Bertz CT molecular complexity index is 707. The molecular formula is C22H28N2O2. The average Bonchev–Trinajstić information content (AvgIpc) is 2.88. The number of para-hydroxylation sites is 1. The molecule has 0 spiro atoms. The normalized spacial score (nSPS) is 16.5. The van der Waals surface area contributed by atoms with Gasteiger partial charge in [-0.25, -0.2) is 4.79 Å². The molecule has 1 aliphatic carbocycles. The number of carbonyl (C=O) groups is 1. The zero-order valence-corrected chi connectivity index (χ0v) is 15.2. The van der Waals surface area contributed by atoms with Crippen LogP contribution in [0.3, 0.4) is 0 Å². The van der Waals surface area contributed by atoms with Gasteiger partial charge in [0.15, 0.2) is 0 Å². The Morgan fingerprint density at radius 3 is 2.31 bits per heavy atom. The molecule has 0 aromatic heterocycles. The Morgan fingerprint density at radius 1 is 0.923 bits per heavy atom. The number of anilines is 1. The molecule has 2 aromatic carbocycles. The maximum absolute atomic E-state index is 12.4. The first-order chi connectivity index (χ1) is 12.6. The second-order valence-electron chi connectivity index (χ2n) is 7.27. The first-order valence-electron chi connectivity index (χ1n) is 9.54. The van der Waals surface area contributed by atoms with Crippen molar-refractivity contribution < 1.29 is 9.90 Å². The molecule has 1 saturated carbocycles. The van der Waals surface area contributed by atoms with Gasteiger partial charge in [0.05, 0.1) is 5.60 Å². The van der Waals surface area contributed by atoms with E-state index >= 15 is 0 Å². The molecular weight excluding hydrogens is 324 g/mol. The van der Waals surface area contributed by atoms with E-state index in [1.165, 1.54) is 18.4 Å². The van der Waals surface area contributed by atoms with Crippen LogP contribution in [-0.4, -0.2) is 23.3 Å². The van der Waals surface area contributed by atoms with Crippen LogP contribution in [0, 0.1) is 0 Å². The van der Waals surface area contributed by atoms with Crippen LogP contribution in [0.5, 0.6) is 0 Å². The minimum atomic E-state index is -0.766. The van der Waals surface area contributed by atoms with Crippen LogP contribution in [0.25, 0.3) is 0 Å². The van der Waals surface area contributed by atoms with Gasteiger partial charge in [0.25, 0.3) is 0 Å². The third-order valence-electron chi connectivity index (χ3n) is 5.12. The van der Waals surface area contributed by atoms with Crippen molar-refractivity contribution in [2.24, 2.45) is 0 Å². The lowest BCUT2D eigenvalue weighted by Gasteiger charge is -2.27. The second-order valence-corrected chi connectivity index (χ2v) is 7.27. The lowest BCUT2D eigenvalue weighted by molar-refractivity contribution is 0.0281. The highest BCUT2D eigenvalue weighted by Gasteiger charge is 2.28. The van der Waals surface area contributed by atoms with Crippen molar-refractivity contribution in [3.8, 4) is 0 Å². The second kappa shape index (κ2) is 8.86. The Hall–Kier alpha value is -2.33. The molecule has 0 atom stereocenters. The van der Waals surface area contributed by atoms with E-state index in [-0.39, 0.29) is 6.03 Å². The molecule has 1 aliphatic rings. The first kappa shape index (κ1) is 18.5. The fraction of sp³-hybridized carbons (Fsp3) is 0.409. The fourth-order valence-electron chi connectivity index (χ4n) is 3.59. The molecule has 0 heterocycles. The van der Waals surface area contributed by atoms with Crippen molar-refractivity contribution in [3.05, 3.63) is 65.7 Å². The van der Waals surface area contributed by atoms with Crippen molar-refractivity contribution in [3.63, 3.8) is 0 Å². The van der Waals surface area contributed by atoms with E-state index < -0.39 is 5.60 Å². The number of nitrogens with one attached hydrogen (secondary N) is 2. The van der Waals surface area contributed by atoms with Crippen LogP contribution >= 0.6 is 0 Å². The Kier molecular flexibility index (Phi) is 6.29. The molecule has 0 aliphatic heterocycles. The monoisotopic (exact) mass is 352 g/mol. The summed E-state index contributed by atoms with van der Waals surface area (Å²) in [5.74, 6) is 0. The summed E-state index contributed by atoms with van der Waals surface area (Å²) in [6.45, 7) is 0.305. The third-order valence-corrected chi connectivity index (χ3v) is 5.12. The molecule has 138 valence electrons. The van der Waals surface area contributed by atoms with Crippen molar-refractivity contribution in [2.45, 2.75) is 50.5 Å². The lowest BCUT2D eigenvalue weighted by atomic mass is 9.94. The molecule has 4 nitrogen and oxygen atoms in total. The van der Waals surface area contributed by atoms with E-state index in [1.807, 2.05) is 42.5 Å². The Morgan fingerprint density at radius 2 is 1.58 bits per heavy atom. The number of amides is 2. The van der Waals surface area contributed by atoms with Gasteiger partial charge in [-0.1, -0.05) is 74.2 Å². The molecule has 0 saturated heterocycles. The van der Waals surface area contributed by atoms with Gasteiger partial charge in [0.2, 0.25) is 0 Å². The van der Waals surface area contributed by atoms with Crippen LogP contribution in [-0.2, 0) is 6.42 Å². The van der Waals surface area contributed by atoms with E-state index in [9.17, 15) is 9.90 Å². The van der Waals surface area contributed by atoms with Gasteiger partial charge < -0.3 is 15.7 Å². The van der Waals surface area contributed by atoms with Gasteiger partial charge in [-0.3, -0.25) is 0 Å². The van der Waals surface area contributed by atoms with Gasteiger partial charge in [0, 0.05) is 12.2 Å². The van der Waals surface area contributed by atoms with Crippen molar-refractivity contribution in [1.82, 2.24) is 5.32 Å². The molecule has 3 rings (SSSR count). The predicted molar refractivity (Wildman–Crippen MR) is 105 cm³/mol. The summed E-state index contributed by atoms with van der Waals surface area (Å²) in [4.78, 5) is 12.4. The van der Waals surface area contributed by atoms with Crippen molar-refractivity contribution in [1.29, 1.82) is 0 Å². The standard InChI is InChI=1S/C22H28N2O2/c25-21(23-17-22(26)14-8-1-2-9-15-22)24-20-13-7-6-12-19(20)16-18-10-4-3-5-11-18/h3-7,10-13,26H,1-2,8-9,14-17H2,(H2,23,24,25). The van der Waals surface area contributed by atoms with Gasteiger partial charge in [-0.05, 0) is 36.5 Å². The maximum Gasteiger partial charge on any atom is 0.319 e. The van der Waals surface area contributed by atoms with Crippen LogP contribution in [0.1, 0.15) is 49.7 Å². The van der Waals surface area contributed by atoms with Crippen LogP contribution < -0.4 is 10.6 Å². The Labute approximate surface area is 155 Å². The SMILES string of the molecule is O=C(NCC1(O)CCCCCC1)Nc1ccccc1Cc1ccccc1. The highest BCUT2D eigenvalue weighted by atomic mass is 16.3. The van der Waals surface area contributed by atoms with Crippen molar-refractivity contribution in [2.75, 3.05) is 11.9 Å². The van der Waals surface area contributed by atoms with Gasteiger partial charge in [-0.2, -0.15) is 0 Å². The van der Waals surface area contributed by atoms with E-state index in [0.717, 1.165) is 43.4 Å². The molecule has 2 aromatic rings. The lowest BCUT2D eigenvalue weighted by Crippen LogP contribution is -2.44. The molecule has 1 fully saturated rings. The zero-order valence-electron chi connectivity index (χ0n) is 15.2. The first-order valence-corrected chi connectivity index (χ1v) is 9.54. The summed E-state index contributed by atoms with van der Waals surface area (Å²) in [5.41, 5.74) is 2.32. The number of rotatable bonds is 5. The third kappa shape index (κ3) is 5.33. The summed E-state index contributed by atoms with van der Waals surface area (Å²) in [6, 6.07) is 17.8. The van der Waals surface area contributed by atoms with E-state index in [2.05, 4.69) is 22.8 Å². The Balaban J connectivity index is 1.59. The molecule has 3 N–H and O–H groups in total. The number of benzene rings is 2. The summed E-state index contributed by atoms with van der Waals surface area (Å²) in [7, 11) is 0. The van der Waals surface area contributed by atoms with Gasteiger partial charge >= 0.3 is 6.03 Å². The molecule has 0 bridgehead atoms. The average molecular weight is 352 g/mol. The molecule has 26 heavy (non-hydrogen) atoms. The number of hydrogen-bond acceptors (Lipinski definition) is 2. The van der Waals surface area contributed by atoms with E-state index in [0.29, 0.717) is 6.54 Å². The number of carbonyl (C=O) groups excluding carboxylic acids is 1. The summed E-state index contributed by atoms with van der Waals surface area (Å²) >= 11 is 0. The van der Waals surface area contributed by atoms with E-state index in [1.54, 1.807) is 0 Å². The van der Waals surface area contributed by atoms with Crippen LogP contribution in [0.4, 0.5) is 10.5 Å². The summed E-state index contributed by atoms with van der Waals surface area (Å²) < 4.78 is 0. The zero-order chi connectivity index (χ0) is 18.2. The predicted octanol–water partition coefficient (Wildman–Crippen LogP) is 4.48. The van der Waals surface area contributed by atoms with Crippen LogP contribution in [0.15, 0.2) is 54.6 Å². The van der Waals surface area contributed by atoms with E-state index in [4.69, 9.17) is 0 Å². The summed E-state index contributed by atoms with van der Waals surface area (Å²) in [6.07, 6.45) is 6.68. The number of aliphatic hydroxyl groups is 1. The minimum Gasteiger partial charge on any atom is -0.388 e. The van der Waals surface area contributed by atoms with Crippen molar-refractivity contribution >= 4 is 11.7 Å². The summed E-state index contributed by atoms with van der Waals surface area (Å²) in [5, 5.41) is 16.5. The van der Waals surface area contributed by atoms with Crippen LogP contribution in [0.2, 0.25) is 0 Å². The molecule has 4 heteroatoms. The molecule has 0 unspecified atom stereocenters. The number of urea groups is 1. The highest BCUT2D eigenvalue weighted by Crippen LogP contribution is 2.26.